The van der Waals surface area contributed by atoms with E-state index in [1.165, 1.54) is 6.26 Å². The van der Waals surface area contributed by atoms with Crippen molar-refractivity contribution in [2.45, 2.75) is 53.9 Å². The molecule has 0 aromatic heterocycles. The van der Waals surface area contributed by atoms with Crippen LogP contribution in [0.4, 0.5) is 0 Å². The van der Waals surface area contributed by atoms with Crippen LogP contribution in [-0.4, -0.2) is 26.7 Å². The lowest BCUT2D eigenvalue weighted by Gasteiger charge is -2.42. The van der Waals surface area contributed by atoms with Gasteiger partial charge in [0.15, 0.2) is 0 Å². The van der Waals surface area contributed by atoms with Crippen molar-refractivity contribution in [2.75, 3.05) is 12.0 Å². The Bertz CT molecular complexity index is 365. The SMILES string of the molecule is C[C@@H](CC=O)CC[C@](C)(CS(C)(=O)=O)C(C)(C)C. The Labute approximate surface area is 112 Å². The van der Waals surface area contributed by atoms with Gasteiger partial charge in [-0.15, -0.1) is 0 Å². The molecule has 0 aliphatic rings. The van der Waals surface area contributed by atoms with Gasteiger partial charge in [-0.25, -0.2) is 8.42 Å². The lowest BCUT2D eigenvalue weighted by atomic mass is 9.66. The Morgan fingerprint density at radius 1 is 1.17 bits per heavy atom. The second kappa shape index (κ2) is 6.18. The van der Waals surface area contributed by atoms with Crippen molar-refractivity contribution in [1.29, 1.82) is 0 Å². The van der Waals surface area contributed by atoms with E-state index in [0.29, 0.717) is 12.3 Å². The molecule has 0 unspecified atom stereocenters. The number of carbonyl (C=O) groups is 1. The Kier molecular flexibility index (Phi) is 6.05. The van der Waals surface area contributed by atoms with E-state index in [2.05, 4.69) is 20.8 Å². The lowest BCUT2D eigenvalue weighted by molar-refractivity contribution is -0.108. The summed E-state index contributed by atoms with van der Waals surface area (Å²) in [5.41, 5.74) is -0.325. The summed E-state index contributed by atoms with van der Waals surface area (Å²) in [5, 5.41) is 0. The second-order valence-corrected chi connectivity index (χ2v) is 9.07. The summed E-state index contributed by atoms with van der Waals surface area (Å²) in [5.74, 6) is 0.529. The maximum absolute atomic E-state index is 11.6. The van der Waals surface area contributed by atoms with Crippen LogP contribution >= 0.6 is 0 Å². The number of carbonyl (C=O) groups excluding carboxylic acids is 1. The van der Waals surface area contributed by atoms with Crippen LogP contribution < -0.4 is 0 Å². The summed E-state index contributed by atoms with van der Waals surface area (Å²) in [7, 11) is -2.99. The molecule has 0 aliphatic heterocycles. The van der Waals surface area contributed by atoms with Gasteiger partial charge in [-0.2, -0.15) is 0 Å². The lowest BCUT2D eigenvalue weighted by Crippen LogP contribution is -2.39. The van der Waals surface area contributed by atoms with Crippen LogP contribution in [0, 0.1) is 16.7 Å². The molecule has 0 radical (unpaired) electrons. The topological polar surface area (TPSA) is 51.2 Å². The van der Waals surface area contributed by atoms with Crippen LogP contribution in [0.25, 0.3) is 0 Å². The first kappa shape index (κ1) is 17.6. The number of rotatable bonds is 7. The summed E-state index contributed by atoms with van der Waals surface area (Å²) in [4.78, 5) is 10.5. The fourth-order valence-corrected chi connectivity index (χ4v) is 3.82. The summed E-state index contributed by atoms with van der Waals surface area (Å²) in [6.45, 7) is 10.3. The average molecular weight is 276 g/mol. The fourth-order valence-electron chi connectivity index (χ4n) is 2.09. The molecule has 3 nitrogen and oxygen atoms in total. The van der Waals surface area contributed by atoms with Crippen molar-refractivity contribution in [2.24, 2.45) is 16.7 Å². The average Bonchev–Trinajstić information content (AvgIpc) is 2.11. The molecule has 0 fully saturated rings. The zero-order chi connectivity index (χ0) is 14.6. The molecule has 0 bridgehead atoms. The van der Waals surface area contributed by atoms with Crippen molar-refractivity contribution in [3.8, 4) is 0 Å². The molecule has 0 heterocycles. The molecule has 0 amide bonds. The van der Waals surface area contributed by atoms with E-state index in [-0.39, 0.29) is 16.6 Å². The van der Waals surface area contributed by atoms with Crippen molar-refractivity contribution in [3.63, 3.8) is 0 Å². The van der Waals surface area contributed by atoms with E-state index in [0.717, 1.165) is 19.1 Å². The van der Waals surface area contributed by atoms with Crippen molar-refractivity contribution < 1.29 is 13.2 Å². The first-order chi connectivity index (χ1) is 7.91. The summed E-state index contributed by atoms with van der Waals surface area (Å²) in [6.07, 6.45) is 4.52. The summed E-state index contributed by atoms with van der Waals surface area (Å²) in [6, 6.07) is 0. The van der Waals surface area contributed by atoms with Gasteiger partial charge >= 0.3 is 0 Å². The highest BCUT2D eigenvalue weighted by Crippen LogP contribution is 2.44. The van der Waals surface area contributed by atoms with E-state index in [4.69, 9.17) is 0 Å². The molecule has 18 heavy (non-hydrogen) atoms. The van der Waals surface area contributed by atoms with Gasteiger partial charge in [-0.1, -0.05) is 34.6 Å². The quantitative estimate of drug-likeness (QED) is 0.671. The summed E-state index contributed by atoms with van der Waals surface area (Å²) >= 11 is 0. The molecule has 0 rings (SSSR count). The molecule has 0 saturated heterocycles. The third-order valence-corrected chi connectivity index (χ3v) is 5.24. The van der Waals surface area contributed by atoms with Gasteiger partial charge in [0.05, 0.1) is 5.75 Å². The standard InChI is InChI=1S/C14H28O3S/c1-12(8-10-15)7-9-14(5,13(2,3)4)11-18(6,16)17/h10,12H,7-9,11H2,1-6H3/t12-,14-/m1/s1. The van der Waals surface area contributed by atoms with Crippen LogP contribution in [0.2, 0.25) is 0 Å². The van der Waals surface area contributed by atoms with Gasteiger partial charge in [-0.3, -0.25) is 0 Å². The van der Waals surface area contributed by atoms with E-state index >= 15 is 0 Å². The maximum atomic E-state index is 11.6. The van der Waals surface area contributed by atoms with Crippen LogP contribution in [0.5, 0.6) is 0 Å². The highest BCUT2D eigenvalue weighted by molar-refractivity contribution is 7.90. The summed E-state index contributed by atoms with van der Waals surface area (Å²) < 4.78 is 23.2. The highest BCUT2D eigenvalue weighted by atomic mass is 32.2. The van der Waals surface area contributed by atoms with E-state index in [1.807, 2.05) is 13.8 Å². The van der Waals surface area contributed by atoms with Crippen molar-refractivity contribution in [3.05, 3.63) is 0 Å². The predicted octanol–water partition coefficient (Wildman–Crippen LogP) is 3.09. The number of hydrogen-bond donors (Lipinski definition) is 0. The van der Waals surface area contributed by atoms with Gasteiger partial charge in [0.25, 0.3) is 0 Å². The first-order valence-corrected chi connectivity index (χ1v) is 8.59. The Morgan fingerprint density at radius 2 is 1.67 bits per heavy atom. The maximum Gasteiger partial charge on any atom is 0.148 e. The molecular weight excluding hydrogens is 248 g/mol. The molecule has 0 aliphatic carbocycles. The van der Waals surface area contributed by atoms with Crippen molar-refractivity contribution in [1.82, 2.24) is 0 Å². The normalized spacial score (nSPS) is 18.1. The zero-order valence-electron chi connectivity index (χ0n) is 12.6. The third kappa shape index (κ3) is 5.98. The first-order valence-electron chi connectivity index (χ1n) is 6.53. The smallest absolute Gasteiger partial charge is 0.148 e. The van der Waals surface area contributed by atoms with Gasteiger partial charge in [-0.05, 0) is 29.6 Å². The third-order valence-electron chi connectivity index (χ3n) is 4.08. The number of hydrogen-bond acceptors (Lipinski definition) is 3. The second-order valence-electron chi connectivity index (χ2n) is 6.93. The molecule has 0 aromatic rings. The van der Waals surface area contributed by atoms with Crippen LogP contribution in [0.3, 0.4) is 0 Å². The molecule has 4 heteroatoms. The minimum Gasteiger partial charge on any atom is -0.303 e. The Morgan fingerprint density at radius 3 is 2.00 bits per heavy atom. The molecule has 0 N–H and O–H groups in total. The van der Waals surface area contributed by atoms with E-state index in [1.54, 1.807) is 0 Å². The van der Waals surface area contributed by atoms with Crippen molar-refractivity contribution >= 4 is 16.1 Å². The van der Waals surface area contributed by atoms with Crippen LogP contribution in [0.15, 0.2) is 0 Å². The van der Waals surface area contributed by atoms with Gasteiger partial charge in [0, 0.05) is 12.7 Å². The molecule has 0 aromatic carbocycles. The van der Waals surface area contributed by atoms with Crippen LogP contribution in [0.1, 0.15) is 53.9 Å². The number of aldehydes is 1. The molecule has 0 saturated carbocycles. The van der Waals surface area contributed by atoms with E-state index in [9.17, 15) is 13.2 Å². The molecule has 0 spiro atoms. The highest BCUT2D eigenvalue weighted by Gasteiger charge is 2.39. The zero-order valence-corrected chi connectivity index (χ0v) is 13.4. The van der Waals surface area contributed by atoms with E-state index < -0.39 is 9.84 Å². The minimum absolute atomic E-state index is 0.0724. The predicted molar refractivity (Wildman–Crippen MR) is 76.4 cm³/mol. The van der Waals surface area contributed by atoms with Gasteiger partial charge in [0.1, 0.15) is 16.1 Å². The number of sulfone groups is 1. The monoisotopic (exact) mass is 276 g/mol. The largest absolute Gasteiger partial charge is 0.303 e. The Balaban J connectivity index is 4.86. The van der Waals surface area contributed by atoms with Crippen LogP contribution in [-0.2, 0) is 14.6 Å². The van der Waals surface area contributed by atoms with Gasteiger partial charge < -0.3 is 4.79 Å². The Hall–Kier alpha value is -0.380. The molecule has 2 atom stereocenters. The van der Waals surface area contributed by atoms with Gasteiger partial charge in [0.2, 0.25) is 0 Å². The fraction of sp³-hybridized carbons (Fsp3) is 0.929. The molecule has 108 valence electrons. The molecular formula is C14H28O3S. The minimum atomic E-state index is -2.99.